The Morgan fingerprint density at radius 3 is 1.84 bits per heavy atom. The number of carbonyl (C=O) groups excluding carboxylic acids is 2. The van der Waals surface area contributed by atoms with Crippen LogP contribution in [0.4, 0.5) is 0 Å². The van der Waals surface area contributed by atoms with E-state index in [1.165, 1.54) is 12.1 Å². The molecule has 0 fully saturated rings. The Bertz CT molecular complexity index is 1030. The predicted molar refractivity (Wildman–Crippen MR) is 175 cm³/mol. The number of nitrogens with two attached hydrogens (primary N) is 1. The molecule has 0 radical (unpaired) electrons. The average Bonchev–Trinajstić information content (AvgIpc) is 2.72. The molecular formula is C31H65N4NaO6S. The second-order valence-corrected chi connectivity index (χ2v) is 13.8. The molecule has 1 aromatic rings. The molecule has 1 rings (SSSR count). The van der Waals surface area contributed by atoms with Crippen molar-refractivity contribution in [3.8, 4) is 0 Å². The maximum absolute atomic E-state index is 13.3. The predicted octanol–water partition coefficient (Wildman–Crippen LogP) is 1.02. The van der Waals surface area contributed by atoms with Gasteiger partial charge in [0.25, 0.3) is 0 Å². The van der Waals surface area contributed by atoms with Gasteiger partial charge in [-0.25, -0.2) is 8.42 Å². The van der Waals surface area contributed by atoms with Crippen molar-refractivity contribution in [1.82, 2.24) is 5.32 Å². The van der Waals surface area contributed by atoms with Gasteiger partial charge in [-0.2, -0.15) is 0 Å². The van der Waals surface area contributed by atoms with Crippen LogP contribution >= 0.6 is 0 Å². The molecule has 252 valence electrons. The van der Waals surface area contributed by atoms with Crippen LogP contribution in [-0.4, -0.2) is 100.0 Å². The molecule has 43 heavy (non-hydrogen) atoms. The Morgan fingerprint density at radius 1 is 1.00 bits per heavy atom. The number of nitrogens with one attached hydrogen (secondary N) is 1. The second kappa shape index (κ2) is 21.6. The number of hydrogen-bond donors (Lipinski definition) is 3. The molecule has 0 heterocycles. The first kappa shape index (κ1) is 54.4. The number of aliphatic hydroxyl groups is 1. The summed E-state index contributed by atoms with van der Waals surface area (Å²) in [5.41, 5.74) is 5.49. The fourth-order valence-corrected chi connectivity index (χ4v) is 5.10. The maximum atomic E-state index is 13.3. The van der Waals surface area contributed by atoms with Crippen LogP contribution in [0.5, 0.6) is 0 Å². The minimum absolute atomic E-state index is 0. The third kappa shape index (κ3) is 19.8. The SMILES string of the molecule is C.C.C.CCC(CC(CC(C)(C)C(=O)NC[N+](C)(C)CC(O)C[N+](C)(C)C)c1ccc(S(=O)(=O)[O-])cc1)C(N)=O.[CH3-].[CH3-].[Na+]. The largest absolute Gasteiger partial charge is 1.00 e. The Kier molecular flexibility index (Phi) is 27.4. The van der Waals surface area contributed by atoms with E-state index in [2.05, 4.69) is 5.32 Å². The van der Waals surface area contributed by atoms with Crippen molar-refractivity contribution in [2.45, 2.75) is 79.2 Å². The molecule has 4 N–H and O–H groups in total. The zero-order valence-corrected chi connectivity index (χ0v) is 29.5. The molecule has 0 aliphatic carbocycles. The fourth-order valence-electron chi connectivity index (χ4n) is 4.63. The van der Waals surface area contributed by atoms with Crippen molar-refractivity contribution in [2.24, 2.45) is 17.1 Å². The molecule has 3 unspecified atom stereocenters. The van der Waals surface area contributed by atoms with E-state index < -0.39 is 33.5 Å². The van der Waals surface area contributed by atoms with Crippen LogP contribution in [-0.2, 0) is 19.7 Å². The van der Waals surface area contributed by atoms with Gasteiger partial charge in [0.15, 0.2) is 12.8 Å². The number of aliphatic hydroxyl groups excluding tert-OH is 1. The summed E-state index contributed by atoms with van der Waals surface area (Å²) in [4.78, 5) is 24.9. The van der Waals surface area contributed by atoms with Gasteiger partial charge in [-0.3, -0.25) is 9.59 Å². The monoisotopic (exact) mass is 644 g/mol. The maximum Gasteiger partial charge on any atom is 1.00 e. The van der Waals surface area contributed by atoms with E-state index in [0.717, 1.165) is 5.56 Å². The van der Waals surface area contributed by atoms with Crippen molar-refractivity contribution in [3.63, 3.8) is 0 Å². The smallest absolute Gasteiger partial charge is 0.744 e. The molecule has 0 aliphatic heterocycles. The zero-order valence-electron chi connectivity index (χ0n) is 26.7. The van der Waals surface area contributed by atoms with E-state index in [-0.39, 0.29) is 83.4 Å². The summed E-state index contributed by atoms with van der Waals surface area (Å²) in [6.07, 6.45) is 0.784. The number of quaternary nitrogens is 2. The van der Waals surface area contributed by atoms with Crippen LogP contribution < -0.4 is 40.6 Å². The van der Waals surface area contributed by atoms with Crippen molar-refractivity contribution in [2.75, 3.05) is 55.0 Å². The first-order valence-corrected chi connectivity index (χ1v) is 14.0. The topological polar surface area (TPSA) is 150 Å². The van der Waals surface area contributed by atoms with Crippen molar-refractivity contribution >= 4 is 21.9 Å². The molecule has 3 atom stereocenters. The van der Waals surface area contributed by atoms with Gasteiger partial charge in [0.05, 0.1) is 40.1 Å². The van der Waals surface area contributed by atoms with Crippen molar-refractivity contribution < 1.29 is 66.2 Å². The third-order valence-electron chi connectivity index (χ3n) is 6.61. The summed E-state index contributed by atoms with van der Waals surface area (Å²) in [5, 5.41) is 13.5. The Labute approximate surface area is 288 Å². The number of nitrogens with zero attached hydrogens (tertiary/aromatic N) is 2. The van der Waals surface area contributed by atoms with Gasteiger partial charge in [0.1, 0.15) is 23.2 Å². The molecule has 12 heteroatoms. The Hall–Kier alpha value is -1.05. The standard InChI is InChI=1S/C26H46N4O6S.3CH4.2CH3.Na/c1-9-19(24(27)32)14-21(20-10-12-23(13-11-20)37(34,35)36)15-26(2,3)25(33)28-18-30(7,8)17-22(31)16-29(4,5)6;;;;;;/h10-13,19,21-22,31H,9,14-18H2,1-8H3,(H2-2,27,28,32,33,34,35,36);3*1H4;2*1H3;/q;;;;2*-1;+1/p+1. The number of rotatable bonds is 15. The first-order chi connectivity index (χ1) is 16.7. The first-order valence-electron chi connectivity index (χ1n) is 12.6. The molecule has 0 spiro atoms. The van der Waals surface area contributed by atoms with Crippen LogP contribution in [0, 0.1) is 26.2 Å². The van der Waals surface area contributed by atoms with E-state index in [1.807, 2.05) is 56.0 Å². The van der Waals surface area contributed by atoms with Crippen molar-refractivity contribution in [1.29, 1.82) is 0 Å². The molecule has 0 aromatic heterocycles. The molecule has 1 aromatic carbocycles. The minimum Gasteiger partial charge on any atom is -0.744 e. The Morgan fingerprint density at radius 2 is 1.47 bits per heavy atom. The molecule has 0 aliphatic rings. The molecular weight excluding hydrogens is 579 g/mol. The number of likely N-dealkylation sites (N-methyl/N-ethyl adjacent to an activating group) is 2. The number of benzene rings is 1. The fraction of sp³-hybridized carbons (Fsp3) is 0.677. The molecule has 10 nitrogen and oxygen atoms in total. The van der Waals surface area contributed by atoms with Gasteiger partial charge in [-0.15, -0.1) is 0 Å². The molecule has 0 saturated heterocycles. The van der Waals surface area contributed by atoms with Gasteiger partial charge in [0.2, 0.25) is 11.8 Å². The second-order valence-electron chi connectivity index (χ2n) is 12.5. The molecule has 0 bridgehead atoms. The average molecular weight is 645 g/mol. The summed E-state index contributed by atoms with van der Waals surface area (Å²) < 4.78 is 35.1. The van der Waals surface area contributed by atoms with Crippen molar-refractivity contribution in [3.05, 3.63) is 44.7 Å². The number of carbonyl (C=O) groups is 2. The van der Waals surface area contributed by atoms with E-state index in [0.29, 0.717) is 48.0 Å². The summed E-state index contributed by atoms with van der Waals surface area (Å²) in [6, 6.07) is 5.63. The summed E-state index contributed by atoms with van der Waals surface area (Å²) >= 11 is 0. The normalized spacial score (nSPS) is 13.4. The number of hydrogen-bond acceptors (Lipinski definition) is 6. The van der Waals surface area contributed by atoms with E-state index in [4.69, 9.17) is 5.73 Å². The van der Waals surface area contributed by atoms with E-state index in [1.54, 1.807) is 12.1 Å². The van der Waals surface area contributed by atoms with Gasteiger partial charge in [0, 0.05) is 11.3 Å². The number of primary amides is 1. The van der Waals surface area contributed by atoms with Crippen LogP contribution in [0.3, 0.4) is 0 Å². The molecule has 2 amide bonds. The summed E-state index contributed by atoms with van der Waals surface area (Å²) in [7, 11) is 5.34. The third-order valence-corrected chi connectivity index (χ3v) is 7.46. The summed E-state index contributed by atoms with van der Waals surface area (Å²) in [6.45, 7) is 6.91. The number of amides is 2. The van der Waals surface area contributed by atoms with Gasteiger partial charge in [-0.1, -0.05) is 55.2 Å². The van der Waals surface area contributed by atoms with Crippen LogP contribution in [0.1, 0.15) is 73.8 Å². The van der Waals surface area contributed by atoms with Crippen LogP contribution in [0.15, 0.2) is 29.2 Å². The minimum atomic E-state index is -4.58. The quantitative estimate of drug-likeness (QED) is 0.0854. The summed E-state index contributed by atoms with van der Waals surface area (Å²) in [5.74, 6) is -1.28. The van der Waals surface area contributed by atoms with Gasteiger partial charge < -0.3 is 44.5 Å². The van der Waals surface area contributed by atoms with Crippen LogP contribution in [0.25, 0.3) is 0 Å². The van der Waals surface area contributed by atoms with E-state index >= 15 is 0 Å². The van der Waals surface area contributed by atoms with E-state index in [9.17, 15) is 27.7 Å². The molecule has 0 saturated carbocycles. The zero-order chi connectivity index (χ0) is 28.8. The van der Waals surface area contributed by atoms with Gasteiger partial charge >= 0.3 is 29.6 Å². The Balaban J connectivity index is -0.000000570. The van der Waals surface area contributed by atoms with Gasteiger partial charge in [-0.05, 0) is 42.9 Å². The van der Waals surface area contributed by atoms with Crippen LogP contribution in [0.2, 0.25) is 0 Å².